The van der Waals surface area contributed by atoms with Crippen LogP contribution in [0.1, 0.15) is 86.0 Å². The molecule has 0 aromatic heterocycles. The average molecular weight is 297 g/mol. The average Bonchev–Trinajstić information content (AvgIpc) is 2.47. The van der Waals surface area contributed by atoms with Gasteiger partial charge in [-0.2, -0.15) is 0 Å². The van der Waals surface area contributed by atoms with Gasteiger partial charge >= 0.3 is 0 Å². The molecule has 0 radical (unpaired) electrons. The van der Waals surface area contributed by atoms with Crippen LogP contribution in [0.3, 0.4) is 0 Å². The van der Waals surface area contributed by atoms with Gasteiger partial charge in [0, 0.05) is 24.7 Å². The van der Waals surface area contributed by atoms with Crippen LogP contribution in [0.4, 0.5) is 0 Å². The first-order chi connectivity index (χ1) is 10.0. The third kappa shape index (κ3) is 6.28. The van der Waals surface area contributed by atoms with E-state index in [1.807, 2.05) is 0 Å². The Labute approximate surface area is 134 Å². The van der Waals surface area contributed by atoms with Crippen molar-refractivity contribution < 1.29 is 0 Å². The first kappa shape index (κ1) is 19.0. The molecule has 1 fully saturated rings. The van der Waals surface area contributed by atoms with Crippen LogP contribution in [0.2, 0.25) is 0 Å². The largest absolute Gasteiger partial charge is 0.311 e. The third-order valence-corrected chi connectivity index (χ3v) is 5.52. The van der Waals surface area contributed by atoms with E-state index in [1.165, 1.54) is 64.5 Å². The summed E-state index contributed by atoms with van der Waals surface area (Å²) >= 11 is 0. The van der Waals surface area contributed by atoms with Crippen LogP contribution in [-0.2, 0) is 0 Å². The Kier molecular flexibility index (Phi) is 8.89. The molecule has 0 aromatic carbocycles. The molecule has 0 amide bonds. The molecule has 1 aliphatic rings. The molecule has 0 bridgehead atoms. The number of nitrogens with one attached hydrogen (secondary N) is 1. The zero-order valence-electron chi connectivity index (χ0n) is 15.4. The molecule has 1 N–H and O–H groups in total. The Morgan fingerprint density at radius 3 is 2.24 bits per heavy atom. The molecule has 21 heavy (non-hydrogen) atoms. The fourth-order valence-electron chi connectivity index (χ4n) is 3.40. The molecular formula is C19H40N2. The van der Waals surface area contributed by atoms with Crippen LogP contribution < -0.4 is 5.32 Å². The predicted molar refractivity (Wildman–Crippen MR) is 94.9 cm³/mol. The zero-order chi connectivity index (χ0) is 15.7. The highest BCUT2D eigenvalue weighted by molar-refractivity contribution is 4.95. The van der Waals surface area contributed by atoms with Gasteiger partial charge in [-0.05, 0) is 32.2 Å². The van der Waals surface area contributed by atoms with E-state index in [4.69, 9.17) is 0 Å². The van der Waals surface area contributed by atoms with Crippen molar-refractivity contribution in [1.82, 2.24) is 10.2 Å². The topological polar surface area (TPSA) is 15.3 Å². The Morgan fingerprint density at radius 2 is 1.67 bits per heavy atom. The summed E-state index contributed by atoms with van der Waals surface area (Å²) in [4.78, 5) is 2.78. The molecule has 1 aliphatic heterocycles. The van der Waals surface area contributed by atoms with Gasteiger partial charge in [0.2, 0.25) is 0 Å². The summed E-state index contributed by atoms with van der Waals surface area (Å²) in [5, 5.41) is 3.77. The zero-order valence-corrected chi connectivity index (χ0v) is 15.4. The molecule has 1 saturated heterocycles. The molecule has 0 aliphatic carbocycles. The van der Waals surface area contributed by atoms with Crippen molar-refractivity contribution in [3.05, 3.63) is 0 Å². The normalized spacial score (nSPS) is 27.4. The van der Waals surface area contributed by atoms with Gasteiger partial charge in [0.1, 0.15) is 0 Å². The molecule has 2 nitrogen and oxygen atoms in total. The lowest BCUT2D eigenvalue weighted by molar-refractivity contribution is 0.0372. The highest BCUT2D eigenvalue weighted by atomic mass is 15.3. The fourth-order valence-corrected chi connectivity index (χ4v) is 3.40. The van der Waals surface area contributed by atoms with E-state index < -0.39 is 0 Å². The third-order valence-electron chi connectivity index (χ3n) is 5.52. The SMILES string of the molecule is CCCCCCCCCN1CC(C(C)C)NCC1(C)CC. The van der Waals surface area contributed by atoms with Crippen LogP contribution in [0.25, 0.3) is 0 Å². The summed E-state index contributed by atoms with van der Waals surface area (Å²) in [6.45, 7) is 15.5. The summed E-state index contributed by atoms with van der Waals surface area (Å²) in [5.41, 5.74) is 0.369. The molecule has 0 spiro atoms. The minimum absolute atomic E-state index is 0.369. The molecule has 1 rings (SSSR count). The quantitative estimate of drug-likeness (QED) is 0.581. The minimum Gasteiger partial charge on any atom is -0.311 e. The van der Waals surface area contributed by atoms with Crippen LogP contribution in [0.5, 0.6) is 0 Å². The van der Waals surface area contributed by atoms with E-state index in [2.05, 4.69) is 44.8 Å². The summed E-state index contributed by atoms with van der Waals surface area (Å²) in [6, 6.07) is 0.675. The minimum atomic E-state index is 0.369. The summed E-state index contributed by atoms with van der Waals surface area (Å²) < 4.78 is 0. The van der Waals surface area contributed by atoms with Crippen molar-refractivity contribution in [2.75, 3.05) is 19.6 Å². The standard InChI is InChI=1S/C19H40N2/c1-6-8-9-10-11-12-13-14-21-15-18(17(3)4)20-16-19(21,5)7-2/h17-18,20H,6-16H2,1-5H3. The van der Waals surface area contributed by atoms with E-state index in [0.29, 0.717) is 11.6 Å². The predicted octanol–water partition coefficient (Wildman–Crippen LogP) is 4.84. The molecule has 2 atom stereocenters. The van der Waals surface area contributed by atoms with Gasteiger partial charge < -0.3 is 5.32 Å². The van der Waals surface area contributed by atoms with Crippen molar-refractivity contribution in [2.24, 2.45) is 5.92 Å². The van der Waals surface area contributed by atoms with E-state index in [-0.39, 0.29) is 0 Å². The maximum Gasteiger partial charge on any atom is 0.0303 e. The van der Waals surface area contributed by atoms with Crippen molar-refractivity contribution in [3.8, 4) is 0 Å². The lowest BCUT2D eigenvalue weighted by Gasteiger charge is -2.49. The summed E-state index contributed by atoms with van der Waals surface area (Å²) in [6.07, 6.45) is 11.1. The van der Waals surface area contributed by atoms with Gasteiger partial charge in [-0.15, -0.1) is 0 Å². The first-order valence-corrected chi connectivity index (χ1v) is 9.52. The van der Waals surface area contributed by atoms with Gasteiger partial charge in [-0.1, -0.05) is 66.2 Å². The number of hydrogen-bond acceptors (Lipinski definition) is 2. The molecule has 1 heterocycles. The number of nitrogens with zero attached hydrogens (tertiary/aromatic N) is 1. The van der Waals surface area contributed by atoms with Gasteiger partial charge in [0.05, 0.1) is 0 Å². The lowest BCUT2D eigenvalue weighted by atomic mass is 9.89. The van der Waals surface area contributed by atoms with Crippen molar-refractivity contribution in [1.29, 1.82) is 0 Å². The van der Waals surface area contributed by atoms with E-state index in [0.717, 1.165) is 12.5 Å². The molecule has 2 unspecified atom stereocenters. The van der Waals surface area contributed by atoms with E-state index >= 15 is 0 Å². The van der Waals surface area contributed by atoms with Crippen LogP contribution >= 0.6 is 0 Å². The van der Waals surface area contributed by atoms with Gasteiger partial charge in [-0.25, -0.2) is 0 Å². The van der Waals surface area contributed by atoms with Gasteiger partial charge in [-0.3, -0.25) is 4.90 Å². The molecule has 0 aromatic rings. The Hall–Kier alpha value is -0.0800. The monoisotopic (exact) mass is 296 g/mol. The summed E-state index contributed by atoms with van der Waals surface area (Å²) in [5.74, 6) is 0.739. The Morgan fingerprint density at radius 1 is 1.05 bits per heavy atom. The van der Waals surface area contributed by atoms with Gasteiger partial charge in [0.25, 0.3) is 0 Å². The number of rotatable bonds is 10. The fraction of sp³-hybridized carbons (Fsp3) is 1.00. The van der Waals surface area contributed by atoms with Crippen LogP contribution in [0, 0.1) is 5.92 Å². The maximum absolute atomic E-state index is 3.77. The molecule has 126 valence electrons. The number of piperazine rings is 1. The second-order valence-corrected chi connectivity index (χ2v) is 7.65. The van der Waals surface area contributed by atoms with Crippen LogP contribution in [0.15, 0.2) is 0 Å². The molecular weight excluding hydrogens is 256 g/mol. The second-order valence-electron chi connectivity index (χ2n) is 7.65. The smallest absolute Gasteiger partial charge is 0.0303 e. The highest BCUT2D eigenvalue weighted by Gasteiger charge is 2.36. The van der Waals surface area contributed by atoms with Crippen molar-refractivity contribution >= 4 is 0 Å². The number of unbranched alkanes of at least 4 members (excludes halogenated alkanes) is 6. The first-order valence-electron chi connectivity index (χ1n) is 9.52. The number of hydrogen-bond donors (Lipinski definition) is 1. The van der Waals surface area contributed by atoms with Crippen molar-refractivity contribution in [2.45, 2.75) is 97.6 Å². The summed E-state index contributed by atoms with van der Waals surface area (Å²) in [7, 11) is 0. The Balaban J connectivity index is 2.30. The molecule has 0 saturated carbocycles. The van der Waals surface area contributed by atoms with Crippen molar-refractivity contribution in [3.63, 3.8) is 0 Å². The highest BCUT2D eigenvalue weighted by Crippen LogP contribution is 2.25. The Bertz CT molecular complexity index is 264. The maximum atomic E-state index is 3.77. The lowest BCUT2D eigenvalue weighted by Crippen LogP contribution is -2.64. The molecule has 2 heteroatoms. The van der Waals surface area contributed by atoms with E-state index in [9.17, 15) is 0 Å². The van der Waals surface area contributed by atoms with Crippen LogP contribution in [-0.4, -0.2) is 36.1 Å². The second kappa shape index (κ2) is 9.84. The van der Waals surface area contributed by atoms with E-state index in [1.54, 1.807) is 0 Å². The van der Waals surface area contributed by atoms with Gasteiger partial charge in [0.15, 0.2) is 0 Å².